The fourth-order valence-corrected chi connectivity index (χ4v) is 10.8. The maximum atomic E-state index is 6.83. The van der Waals surface area contributed by atoms with Gasteiger partial charge in [-0.2, -0.15) is 0 Å². The standard InChI is InChI=1S/C59H35N3O2/c1-3-15-36(16-4-1)49-35-50(37-17-5-2-6-18-37)61-58(60-49)62-51-24-12-9-21-42(51)44-33-38(28-31-52(44)62)39-27-29-43-48(34-39)59(45-22-10-7-19-40(45)41-20-8-11-23-46(41)59)47-30-32-55-57(56(43)47)64-54-26-14-13-25-53(54)63-55/h1-35H. The molecule has 1 spiro atoms. The van der Waals surface area contributed by atoms with Crippen molar-refractivity contribution in [2.75, 3.05) is 0 Å². The summed E-state index contributed by atoms with van der Waals surface area (Å²) in [6.07, 6.45) is 0. The van der Waals surface area contributed by atoms with Gasteiger partial charge >= 0.3 is 0 Å². The van der Waals surface area contributed by atoms with E-state index in [0.29, 0.717) is 5.95 Å². The lowest BCUT2D eigenvalue weighted by Gasteiger charge is -2.31. The van der Waals surface area contributed by atoms with Crippen LogP contribution in [0.3, 0.4) is 0 Å². The predicted octanol–water partition coefficient (Wildman–Crippen LogP) is 14.8. The topological polar surface area (TPSA) is 49.2 Å². The number of benzene rings is 9. The van der Waals surface area contributed by atoms with Crippen LogP contribution in [0.4, 0.5) is 0 Å². The lowest BCUT2D eigenvalue weighted by molar-refractivity contribution is 0.360. The minimum atomic E-state index is -0.569. The second kappa shape index (κ2) is 13.2. The van der Waals surface area contributed by atoms with Gasteiger partial charge in [-0.15, -0.1) is 0 Å². The Balaban J connectivity index is 0.984. The Kier molecular flexibility index (Phi) is 7.26. The predicted molar refractivity (Wildman–Crippen MR) is 256 cm³/mol. The highest BCUT2D eigenvalue weighted by molar-refractivity contribution is 6.10. The van der Waals surface area contributed by atoms with Gasteiger partial charge in [0.05, 0.1) is 27.8 Å². The van der Waals surface area contributed by atoms with Crippen molar-refractivity contribution in [1.29, 1.82) is 0 Å². The number of aromatic nitrogens is 3. The Bertz CT molecular complexity index is 3640. The molecule has 0 amide bonds. The molecule has 0 unspecified atom stereocenters. The number of hydrogen-bond acceptors (Lipinski definition) is 4. The van der Waals surface area contributed by atoms with Crippen LogP contribution in [0, 0.1) is 0 Å². The fourth-order valence-electron chi connectivity index (χ4n) is 10.8. The van der Waals surface area contributed by atoms with Crippen molar-refractivity contribution in [3.63, 3.8) is 0 Å². The van der Waals surface area contributed by atoms with Crippen LogP contribution in [0.1, 0.15) is 22.3 Å². The van der Waals surface area contributed by atoms with Crippen LogP contribution in [0.15, 0.2) is 212 Å². The summed E-state index contributed by atoms with van der Waals surface area (Å²) < 4.78 is 15.6. The third-order valence-electron chi connectivity index (χ3n) is 13.5. The van der Waals surface area contributed by atoms with Crippen LogP contribution in [-0.2, 0) is 5.41 Å². The highest BCUT2D eigenvalue weighted by Crippen LogP contribution is 2.66. The Hall–Kier alpha value is -8.54. The molecule has 3 aliphatic rings. The van der Waals surface area contributed by atoms with Crippen molar-refractivity contribution in [2.45, 2.75) is 5.41 Å². The number of rotatable bonds is 4. The normalized spacial score (nSPS) is 13.4. The molecule has 14 rings (SSSR count). The molecule has 64 heavy (non-hydrogen) atoms. The van der Waals surface area contributed by atoms with Crippen molar-refractivity contribution in [3.8, 4) is 84.8 Å². The van der Waals surface area contributed by atoms with Gasteiger partial charge in [0.2, 0.25) is 5.95 Å². The smallest absolute Gasteiger partial charge is 0.235 e. The summed E-state index contributed by atoms with van der Waals surface area (Å²) in [5.74, 6) is 3.55. The zero-order valence-electron chi connectivity index (χ0n) is 34.4. The van der Waals surface area contributed by atoms with Crippen molar-refractivity contribution in [3.05, 3.63) is 235 Å². The third-order valence-corrected chi connectivity index (χ3v) is 13.5. The van der Waals surface area contributed by atoms with Crippen LogP contribution in [-0.4, -0.2) is 14.5 Å². The minimum Gasteiger partial charge on any atom is -0.449 e. The summed E-state index contributed by atoms with van der Waals surface area (Å²) in [5, 5.41) is 2.28. The van der Waals surface area contributed by atoms with Gasteiger partial charge in [-0.1, -0.05) is 164 Å². The van der Waals surface area contributed by atoms with Crippen molar-refractivity contribution >= 4 is 21.8 Å². The molecule has 11 aromatic rings. The van der Waals surface area contributed by atoms with E-state index in [1.807, 2.05) is 36.4 Å². The second-order valence-electron chi connectivity index (χ2n) is 16.8. The molecular formula is C59H35N3O2. The van der Waals surface area contributed by atoms with Crippen molar-refractivity contribution < 1.29 is 9.47 Å². The van der Waals surface area contributed by atoms with E-state index < -0.39 is 5.41 Å². The first kappa shape index (κ1) is 35.1. The zero-order chi connectivity index (χ0) is 41.9. The molecule has 0 fully saturated rings. The highest BCUT2D eigenvalue weighted by atomic mass is 16.6. The summed E-state index contributed by atoms with van der Waals surface area (Å²) in [6, 6.07) is 75.3. The Morgan fingerprint density at radius 3 is 1.66 bits per heavy atom. The molecule has 0 saturated carbocycles. The van der Waals surface area contributed by atoms with Gasteiger partial charge in [0.15, 0.2) is 23.0 Å². The second-order valence-corrected chi connectivity index (χ2v) is 16.8. The summed E-state index contributed by atoms with van der Waals surface area (Å²) in [4.78, 5) is 10.5. The van der Waals surface area contributed by atoms with Gasteiger partial charge in [-0.05, 0) is 98.6 Å². The molecule has 3 heterocycles. The molecule has 0 bridgehead atoms. The summed E-state index contributed by atoms with van der Waals surface area (Å²) >= 11 is 0. The molecular weight excluding hydrogens is 783 g/mol. The van der Waals surface area contributed by atoms with Crippen LogP contribution >= 0.6 is 0 Å². The SMILES string of the molecule is c1ccc(-c2cc(-c3ccccc3)nc(-n3c4ccccc4c4cc(-c5ccc6c(c5)C5(c7ccccc7-c7ccccc75)c5ccc7c(c5-6)Oc5ccccc5O7)ccc43)n2)cc1. The highest BCUT2D eigenvalue weighted by Gasteiger charge is 2.53. The van der Waals surface area contributed by atoms with Gasteiger partial charge in [-0.25, -0.2) is 9.97 Å². The number of hydrogen-bond donors (Lipinski definition) is 0. The van der Waals surface area contributed by atoms with Gasteiger partial charge < -0.3 is 9.47 Å². The quantitative estimate of drug-likeness (QED) is 0.177. The molecule has 2 aliphatic carbocycles. The van der Waals surface area contributed by atoms with E-state index in [1.54, 1.807) is 0 Å². The van der Waals surface area contributed by atoms with E-state index in [0.717, 1.165) is 89.6 Å². The molecule has 5 nitrogen and oxygen atoms in total. The maximum absolute atomic E-state index is 6.83. The summed E-state index contributed by atoms with van der Waals surface area (Å²) in [6.45, 7) is 0. The van der Waals surface area contributed by atoms with Gasteiger partial charge in [0.25, 0.3) is 0 Å². The maximum Gasteiger partial charge on any atom is 0.235 e. The fraction of sp³-hybridized carbons (Fsp3) is 0.0169. The average Bonchev–Trinajstić information content (AvgIpc) is 3.97. The Labute approximate surface area is 369 Å². The summed E-state index contributed by atoms with van der Waals surface area (Å²) in [7, 11) is 0. The van der Waals surface area contributed by atoms with E-state index in [2.05, 4.69) is 180 Å². The van der Waals surface area contributed by atoms with Crippen LogP contribution in [0.25, 0.3) is 83.6 Å². The minimum absolute atomic E-state index is 0.569. The molecule has 0 saturated heterocycles. The number of nitrogens with zero attached hydrogens (tertiary/aromatic N) is 3. The lowest BCUT2D eigenvalue weighted by atomic mass is 9.70. The Morgan fingerprint density at radius 1 is 0.359 bits per heavy atom. The first-order valence-electron chi connectivity index (χ1n) is 21.7. The lowest BCUT2D eigenvalue weighted by Crippen LogP contribution is -2.26. The van der Waals surface area contributed by atoms with Crippen molar-refractivity contribution in [2.24, 2.45) is 0 Å². The van der Waals surface area contributed by atoms with E-state index in [1.165, 1.54) is 33.4 Å². The molecule has 0 atom stereocenters. The van der Waals surface area contributed by atoms with Gasteiger partial charge in [0, 0.05) is 27.5 Å². The van der Waals surface area contributed by atoms with Crippen LogP contribution < -0.4 is 9.47 Å². The van der Waals surface area contributed by atoms with Crippen LogP contribution in [0.5, 0.6) is 23.0 Å². The van der Waals surface area contributed by atoms with Gasteiger partial charge in [0.1, 0.15) is 0 Å². The molecule has 5 heteroatoms. The van der Waals surface area contributed by atoms with Gasteiger partial charge in [-0.3, -0.25) is 4.57 Å². The molecule has 1 aliphatic heterocycles. The van der Waals surface area contributed by atoms with E-state index in [9.17, 15) is 0 Å². The molecule has 9 aromatic carbocycles. The zero-order valence-corrected chi connectivity index (χ0v) is 34.4. The van der Waals surface area contributed by atoms with E-state index in [-0.39, 0.29) is 0 Å². The first-order valence-corrected chi connectivity index (χ1v) is 21.7. The van der Waals surface area contributed by atoms with E-state index >= 15 is 0 Å². The third kappa shape index (κ3) is 4.83. The average molecular weight is 818 g/mol. The molecule has 298 valence electrons. The molecule has 2 aromatic heterocycles. The monoisotopic (exact) mass is 817 g/mol. The van der Waals surface area contributed by atoms with Crippen molar-refractivity contribution in [1.82, 2.24) is 14.5 Å². The number of ether oxygens (including phenoxy) is 2. The largest absolute Gasteiger partial charge is 0.449 e. The Morgan fingerprint density at radius 2 is 0.938 bits per heavy atom. The molecule has 0 N–H and O–H groups in total. The summed E-state index contributed by atoms with van der Waals surface area (Å²) in [5.41, 5.74) is 17.3. The van der Waals surface area contributed by atoms with E-state index in [4.69, 9.17) is 19.4 Å². The molecule has 0 radical (unpaired) electrons. The first-order chi connectivity index (χ1) is 31.7. The number of fused-ring (bicyclic) bond motifs is 16. The van der Waals surface area contributed by atoms with Crippen LogP contribution in [0.2, 0.25) is 0 Å². The number of para-hydroxylation sites is 3.